The highest BCUT2D eigenvalue weighted by Gasteiger charge is 2.21. The molecule has 0 spiro atoms. The minimum absolute atomic E-state index is 0.168. The Hall–Kier alpha value is -0.120. The summed E-state index contributed by atoms with van der Waals surface area (Å²) in [5, 5.41) is 19.3. The van der Waals surface area contributed by atoms with Gasteiger partial charge in [0.15, 0.2) is 0 Å². The molecule has 3 nitrogen and oxygen atoms in total. The Labute approximate surface area is 47.9 Å². The van der Waals surface area contributed by atoms with Crippen LogP contribution in [0.2, 0.25) is 0 Å². The molecule has 1 N–H and O–H groups in total. The molecule has 1 heterocycles. The molecule has 0 saturated carbocycles. The number of ether oxygens (including phenoxy) is 1. The largest absolute Gasteiger partial charge is 0.390 e. The first kappa shape index (κ1) is 6.01. The maximum absolute atomic E-state index is 10.5. The third-order valence-electron chi connectivity index (χ3n) is 1.27. The topological polar surface area (TPSA) is 49.4 Å². The fourth-order valence-electron chi connectivity index (χ4n) is 0.701. The van der Waals surface area contributed by atoms with E-state index in [1.807, 2.05) is 0 Å². The fraction of sp³-hybridized carbons (Fsp3) is 1.00. The molecule has 1 rings (SSSR count). The van der Waals surface area contributed by atoms with Gasteiger partial charge in [0.05, 0.1) is 12.7 Å². The van der Waals surface area contributed by atoms with E-state index in [0.717, 1.165) is 0 Å². The Bertz CT molecular complexity index is 64.1. The second-order valence-electron chi connectivity index (χ2n) is 1.97. The monoisotopic (exact) mass is 117 g/mol. The summed E-state index contributed by atoms with van der Waals surface area (Å²) < 4.78 is 4.78. The summed E-state index contributed by atoms with van der Waals surface area (Å²) in [5.41, 5.74) is 0. The quantitative estimate of drug-likeness (QED) is 0.468. The summed E-state index contributed by atoms with van der Waals surface area (Å²) in [4.78, 5) is 0. The molecule has 0 aliphatic carbocycles. The number of rotatable bonds is 0. The number of aliphatic hydroxyl groups excluding tert-OH is 1. The molecule has 0 aromatic carbocycles. The van der Waals surface area contributed by atoms with Crippen LogP contribution < -0.4 is 0 Å². The average molecular weight is 117 g/mol. The Kier molecular flexibility index (Phi) is 1.83. The average Bonchev–Trinajstić information content (AvgIpc) is 1.77. The van der Waals surface area contributed by atoms with Gasteiger partial charge in [0, 0.05) is 6.61 Å². The van der Waals surface area contributed by atoms with Gasteiger partial charge in [0.2, 0.25) is 0 Å². The fourth-order valence-corrected chi connectivity index (χ4v) is 0.701. The normalized spacial score (nSPS) is 39.8. The van der Waals surface area contributed by atoms with Gasteiger partial charge in [-0.3, -0.25) is 0 Å². The molecule has 1 saturated heterocycles. The Morgan fingerprint density at radius 3 is 2.75 bits per heavy atom. The van der Waals surface area contributed by atoms with E-state index < -0.39 is 12.2 Å². The third-order valence-corrected chi connectivity index (χ3v) is 1.27. The molecule has 47 valence electrons. The third kappa shape index (κ3) is 1.18. The van der Waals surface area contributed by atoms with Crippen molar-refractivity contribution in [2.45, 2.75) is 18.6 Å². The molecule has 1 radical (unpaired) electrons. The molecule has 1 aliphatic heterocycles. The van der Waals surface area contributed by atoms with Crippen molar-refractivity contribution in [1.29, 1.82) is 0 Å². The van der Waals surface area contributed by atoms with Crippen molar-refractivity contribution in [1.82, 2.24) is 0 Å². The van der Waals surface area contributed by atoms with Crippen LogP contribution in [0.15, 0.2) is 0 Å². The summed E-state index contributed by atoms with van der Waals surface area (Å²) in [6.07, 6.45) is -1.10. The Balaban J connectivity index is 2.28. The zero-order valence-electron chi connectivity index (χ0n) is 4.54. The minimum atomic E-state index is -0.913. The maximum Gasteiger partial charge on any atom is 0.142 e. The van der Waals surface area contributed by atoms with Crippen LogP contribution in [0.1, 0.15) is 6.42 Å². The highest BCUT2D eigenvalue weighted by molar-refractivity contribution is 4.69. The van der Waals surface area contributed by atoms with E-state index in [4.69, 9.17) is 9.84 Å². The highest BCUT2D eigenvalue weighted by atomic mass is 16.5. The van der Waals surface area contributed by atoms with Crippen LogP contribution in [0, 0.1) is 0 Å². The number of aliphatic hydroxyl groups is 1. The van der Waals surface area contributed by atoms with Crippen molar-refractivity contribution in [3.05, 3.63) is 0 Å². The predicted molar refractivity (Wildman–Crippen MR) is 25.9 cm³/mol. The van der Waals surface area contributed by atoms with Crippen molar-refractivity contribution in [3.63, 3.8) is 0 Å². The van der Waals surface area contributed by atoms with Crippen molar-refractivity contribution >= 4 is 0 Å². The lowest BCUT2D eigenvalue weighted by Crippen LogP contribution is -2.35. The van der Waals surface area contributed by atoms with Gasteiger partial charge in [0.25, 0.3) is 0 Å². The van der Waals surface area contributed by atoms with Crippen LogP contribution >= 0.6 is 0 Å². The lowest BCUT2D eigenvalue weighted by molar-refractivity contribution is -0.113. The molecule has 1 fully saturated rings. The van der Waals surface area contributed by atoms with Gasteiger partial charge >= 0.3 is 0 Å². The maximum atomic E-state index is 10.5. The molecule has 2 atom stereocenters. The first-order valence-electron chi connectivity index (χ1n) is 2.72. The highest BCUT2D eigenvalue weighted by Crippen LogP contribution is 2.06. The van der Waals surface area contributed by atoms with Gasteiger partial charge in [-0.2, -0.15) is 0 Å². The van der Waals surface area contributed by atoms with Crippen molar-refractivity contribution in [3.8, 4) is 0 Å². The van der Waals surface area contributed by atoms with Crippen LogP contribution in [0.4, 0.5) is 0 Å². The summed E-state index contributed by atoms with van der Waals surface area (Å²) in [5.74, 6) is 0. The van der Waals surface area contributed by atoms with Gasteiger partial charge in [-0.15, -0.1) is 0 Å². The molecule has 0 amide bonds. The van der Waals surface area contributed by atoms with E-state index in [1.54, 1.807) is 0 Å². The molecule has 0 bridgehead atoms. The van der Waals surface area contributed by atoms with Crippen molar-refractivity contribution in [2.75, 3.05) is 13.2 Å². The zero-order valence-corrected chi connectivity index (χ0v) is 4.54. The minimum Gasteiger partial charge on any atom is -0.390 e. The molecule has 1 aliphatic rings. The lowest BCUT2D eigenvalue weighted by Gasteiger charge is -2.20. The second-order valence-corrected chi connectivity index (χ2v) is 1.97. The predicted octanol–water partition coefficient (Wildman–Crippen LogP) is -0.433. The van der Waals surface area contributed by atoms with E-state index in [2.05, 4.69) is 0 Å². The zero-order chi connectivity index (χ0) is 5.98. The molecular weight excluding hydrogens is 108 g/mol. The van der Waals surface area contributed by atoms with Crippen LogP contribution in [-0.2, 0) is 9.84 Å². The van der Waals surface area contributed by atoms with Gasteiger partial charge in [-0.1, -0.05) is 0 Å². The molecule has 0 aromatic heterocycles. The molecule has 0 aromatic rings. The smallest absolute Gasteiger partial charge is 0.142 e. The molecule has 3 heteroatoms. The van der Waals surface area contributed by atoms with E-state index in [9.17, 15) is 5.11 Å². The summed E-state index contributed by atoms with van der Waals surface area (Å²) in [6, 6.07) is 0. The van der Waals surface area contributed by atoms with Crippen LogP contribution in [0.3, 0.4) is 0 Å². The van der Waals surface area contributed by atoms with Gasteiger partial charge in [0.1, 0.15) is 6.10 Å². The summed E-state index contributed by atoms with van der Waals surface area (Å²) >= 11 is 0. The van der Waals surface area contributed by atoms with Gasteiger partial charge < -0.3 is 9.84 Å². The van der Waals surface area contributed by atoms with E-state index in [1.165, 1.54) is 0 Å². The Morgan fingerprint density at radius 1 is 1.62 bits per heavy atom. The summed E-state index contributed by atoms with van der Waals surface area (Å²) in [7, 11) is 0. The van der Waals surface area contributed by atoms with Gasteiger partial charge in [-0.05, 0) is 6.42 Å². The number of hydrogen-bond donors (Lipinski definition) is 1. The Morgan fingerprint density at radius 2 is 2.38 bits per heavy atom. The summed E-state index contributed by atoms with van der Waals surface area (Å²) in [6.45, 7) is 0.696. The first-order chi connectivity index (χ1) is 3.80. The molecule has 8 heavy (non-hydrogen) atoms. The van der Waals surface area contributed by atoms with Gasteiger partial charge in [-0.25, -0.2) is 5.11 Å². The lowest BCUT2D eigenvalue weighted by atomic mass is 10.1. The first-order valence-corrected chi connectivity index (χ1v) is 2.72. The SMILES string of the molecule is [O]C1COCCC1O. The van der Waals surface area contributed by atoms with E-state index in [0.29, 0.717) is 13.0 Å². The van der Waals surface area contributed by atoms with Crippen LogP contribution in [0.5, 0.6) is 0 Å². The standard InChI is InChI=1S/C5H9O3/c6-4-1-2-8-3-5(4)7/h4-6H,1-3H2. The van der Waals surface area contributed by atoms with Crippen molar-refractivity contribution in [2.24, 2.45) is 0 Å². The molecular formula is C5H9O3. The van der Waals surface area contributed by atoms with E-state index in [-0.39, 0.29) is 6.61 Å². The second kappa shape index (κ2) is 2.44. The van der Waals surface area contributed by atoms with Crippen LogP contribution in [0.25, 0.3) is 0 Å². The van der Waals surface area contributed by atoms with Crippen molar-refractivity contribution < 1.29 is 14.9 Å². The van der Waals surface area contributed by atoms with E-state index >= 15 is 0 Å². The molecule has 2 unspecified atom stereocenters. The van der Waals surface area contributed by atoms with Crippen LogP contribution in [-0.4, -0.2) is 30.5 Å². The number of hydrogen-bond acceptors (Lipinski definition) is 2.